The first kappa shape index (κ1) is 15.5. The van der Waals surface area contributed by atoms with Crippen LogP contribution in [0.3, 0.4) is 0 Å². The summed E-state index contributed by atoms with van der Waals surface area (Å²) in [4.78, 5) is 28.9. The molecule has 1 amide bonds. The van der Waals surface area contributed by atoms with Crippen molar-refractivity contribution >= 4 is 34.0 Å². The van der Waals surface area contributed by atoms with E-state index in [-0.39, 0.29) is 17.5 Å². The number of rotatable bonds is 7. The molecule has 1 unspecified atom stereocenters. The molecule has 0 saturated heterocycles. The molecule has 1 aliphatic rings. The molecule has 0 radical (unpaired) electrons. The number of fused-ring (bicyclic) bond motifs is 1. The molecule has 2 heterocycles. The maximum atomic E-state index is 11.9. The van der Waals surface area contributed by atoms with Crippen LogP contribution in [-0.4, -0.2) is 33.6 Å². The summed E-state index contributed by atoms with van der Waals surface area (Å²) in [6.45, 7) is 0.494. The zero-order chi connectivity index (χ0) is 15.5. The van der Waals surface area contributed by atoms with Crippen molar-refractivity contribution in [2.24, 2.45) is 11.7 Å². The topological polar surface area (TPSA) is 89.5 Å². The van der Waals surface area contributed by atoms with Crippen LogP contribution in [0.4, 0.5) is 0 Å². The van der Waals surface area contributed by atoms with Gasteiger partial charge >= 0.3 is 0 Å². The standard InChI is InChI=1S/C14H18N4O2S2/c15-6-11(9-1-2-9)17-12(19)8-21-7-10-5-13(20)18-3-4-22-14(18)16-10/h3-5,9,11H,1-2,6-8,15H2,(H,17,19). The number of hydrogen-bond donors (Lipinski definition) is 2. The molecule has 0 aromatic carbocycles. The summed E-state index contributed by atoms with van der Waals surface area (Å²) in [7, 11) is 0. The molecule has 3 N–H and O–H groups in total. The van der Waals surface area contributed by atoms with Crippen LogP contribution in [0, 0.1) is 5.92 Å². The fourth-order valence-corrected chi connectivity index (χ4v) is 3.79. The highest BCUT2D eigenvalue weighted by Gasteiger charge is 2.31. The van der Waals surface area contributed by atoms with Gasteiger partial charge in [-0.2, -0.15) is 0 Å². The number of nitrogens with one attached hydrogen (secondary N) is 1. The smallest absolute Gasteiger partial charge is 0.258 e. The monoisotopic (exact) mass is 338 g/mol. The van der Waals surface area contributed by atoms with E-state index in [9.17, 15) is 9.59 Å². The van der Waals surface area contributed by atoms with E-state index >= 15 is 0 Å². The van der Waals surface area contributed by atoms with Crippen LogP contribution in [0.1, 0.15) is 18.5 Å². The van der Waals surface area contributed by atoms with Gasteiger partial charge in [0.25, 0.3) is 5.56 Å². The van der Waals surface area contributed by atoms with Gasteiger partial charge in [0.2, 0.25) is 5.91 Å². The minimum atomic E-state index is -0.0803. The highest BCUT2D eigenvalue weighted by Crippen LogP contribution is 2.32. The van der Waals surface area contributed by atoms with Crippen molar-refractivity contribution in [1.29, 1.82) is 0 Å². The lowest BCUT2D eigenvalue weighted by atomic mass is 10.2. The van der Waals surface area contributed by atoms with Gasteiger partial charge in [0.1, 0.15) is 0 Å². The third kappa shape index (κ3) is 3.68. The second-order valence-corrected chi connectivity index (χ2v) is 7.24. The number of nitrogens with two attached hydrogens (primary N) is 1. The lowest BCUT2D eigenvalue weighted by molar-refractivity contribution is -0.119. The van der Waals surface area contributed by atoms with Crippen LogP contribution < -0.4 is 16.6 Å². The maximum Gasteiger partial charge on any atom is 0.258 e. The number of thioether (sulfide) groups is 1. The van der Waals surface area contributed by atoms with Crippen molar-refractivity contribution < 1.29 is 4.79 Å². The minimum absolute atomic E-state index is 0.00118. The van der Waals surface area contributed by atoms with E-state index in [4.69, 9.17) is 5.73 Å². The largest absolute Gasteiger partial charge is 0.351 e. The molecule has 1 atom stereocenters. The Morgan fingerprint density at radius 1 is 1.59 bits per heavy atom. The molecule has 6 nitrogen and oxygen atoms in total. The first-order valence-electron chi connectivity index (χ1n) is 7.20. The number of thiazole rings is 1. The Balaban J connectivity index is 1.51. The Morgan fingerprint density at radius 2 is 2.41 bits per heavy atom. The molecule has 0 aliphatic heterocycles. The van der Waals surface area contributed by atoms with E-state index < -0.39 is 0 Å². The molecule has 0 spiro atoms. The Bertz CT molecular complexity index is 723. The van der Waals surface area contributed by atoms with Gasteiger partial charge < -0.3 is 11.1 Å². The summed E-state index contributed by atoms with van der Waals surface area (Å²) in [6, 6.07) is 1.63. The van der Waals surface area contributed by atoms with Crippen LogP contribution in [0.15, 0.2) is 22.4 Å². The maximum absolute atomic E-state index is 11.9. The van der Waals surface area contributed by atoms with E-state index in [1.165, 1.54) is 33.6 Å². The summed E-state index contributed by atoms with van der Waals surface area (Å²) in [5, 5.41) is 4.82. The first-order valence-corrected chi connectivity index (χ1v) is 9.24. The SMILES string of the molecule is NCC(NC(=O)CSCc1cc(=O)n2ccsc2n1)C1CC1. The summed E-state index contributed by atoms with van der Waals surface area (Å²) in [5.74, 6) is 1.46. The highest BCUT2D eigenvalue weighted by atomic mass is 32.2. The van der Waals surface area contributed by atoms with Gasteiger partial charge in [-0.25, -0.2) is 4.98 Å². The van der Waals surface area contributed by atoms with E-state index in [1.807, 2.05) is 5.38 Å². The quantitative estimate of drug-likeness (QED) is 0.781. The predicted octanol–water partition coefficient (Wildman–Crippen LogP) is 0.843. The molecule has 1 fully saturated rings. The lowest BCUT2D eigenvalue weighted by Gasteiger charge is -2.15. The Kier molecular flexibility index (Phi) is 4.80. The molecular weight excluding hydrogens is 320 g/mol. The van der Waals surface area contributed by atoms with Crippen LogP contribution in [-0.2, 0) is 10.5 Å². The van der Waals surface area contributed by atoms with Crippen LogP contribution >= 0.6 is 23.1 Å². The second kappa shape index (κ2) is 6.80. The number of amides is 1. The van der Waals surface area contributed by atoms with Gasteiger partial charge in [-0.1, -0.05) is 0 Å². The van der Waals surface area contributed by atoms with Crippen molar-refractivity contribution in [3.05, 3.63) is 33.7 Å². The van der Waals surface area contributed by atoms with Crippen LogP contribution in [0.2, 0.25) is 0 Å². The summed E-state index contributed by atoms with van der Waals surface area (Å²) >= 11 is 2.89. The van der Waals surface area contributed by atoms with Crippen molar-refractivity contribution in [2.45, 2.75) is 24.6 Å². The van der Waals surface area contributed by atoms with Gasteiger partial charge in [0, 0.05) is 36.0 Å². The molecule has 0 bridgehead atoms. The third-order valence-corrected chi connectivity index (χ3v) is 5.35. The Morgan fingerprint density at radius 3 is 3.14 bits per heavy atom. The fourth-order valence-electron chi connectivity index (χ4n) is 2.33. The summed E-state index contributed by atoms with van der Waals surface area (Å²) < 4.78 is 1.52. The number of aromatic nitrogens is 2. The van der Waals surface area contributed by atoms with Crippen molar-refractivity contribution in [1.82, 2.24) is 14.7 Å². The normalized spacial score (nSPS) is 15.9. The van der Waals surface area contributed by atoms with E-state index in [0.29, 0.717) is 34.6 Å². The number of carbonyl (C=O) groups excluding carboxylic acids is 1. The number of nitrogens with zero attached hydrogens (tertiary/aromatic N) is 2. The van der Waals surface area contributed by atoms with E-state index in [2.05, 4.69) is 10.3 Å². The molecule has 1 saturated carbocycles. The average Bonchev–Trinajstić information content (AvgIpc) is 3.22. The van der Waals surface area contributed by atoms with Crippen molar-refractivity contribution in [3.8, 4) is 0 Å². The fraction of sp³-hybridized carbons (Fsp3) is 0.500. The zero-order valence-electron chi connectivity index (χ0n) is 12.0. The Hall–Kier alpha value is -1.38. The van der Waals surface area contributed by atoms with Crippen molar-refractivity contribution in [3.63, 3.8) is 0 Å². The second-order valence-electron chi connectivity index (χ2n) is 5.38. The average molecular weight is 338 g/mol. The molecule has 1 aliphatic carbocycles. The van der Waals surface area contributed by atoms with Crippen LogP contribution in [0.25, 0.3) is 4.96 Å². The minimum Gasteiger partial charge on any atom is -0.351 e. The molecule has 22 heavy (non-hydrogen) atoms. The predicted molar refractivity (Wildman–Crippen MR) is 89.2 cm³/mol. The lowest BCUT2D eigenvalue weighted by Crippen LogP contribution is -2.42. The molecule has 118 valence electrons. The van der Waals surface area contributed by atoms with Gasteiger partial charge in [-0.3, -0.25) is 14.0 Å². The zero-order valence-corrected chi connectivity index (χ0v) is 13.7. The van der Waals surface area contributed by atoms with E-state index in [0.717, 1.165) is 12.8 Å². The third-order valence-electron chi connectivity index (χ3n) is 3.63. The van der Waals surface area contributed by atoms with Gasteiger partial charge in [-0.15, -0.1) is 23.1 Å². The van der Waals surface area contributed by atoms with Gasteiger partial charge in [0.05, 0.1) is 11.4 Å². The first-order chi connectivity index (χ1) is 10.7. The number of hydrogen-bond acceptors (Lipinski definition) is 6. The molecule has 3 rings (SSSR count). The number of carbonyl (C=O) groups is 1. The van der Waals surface area contributed by atoms with Gasteiger partial charge in [-0.05, 0) is 18.8 Å². The molecular formula is C14H18N4O2S2. The van der Waals surface area contributed by atoms with Crippen molar-refractivity contribution in [2.75, 3.05) is 12.3 Å². The highest BCUT2D eigenvalue weighted by molar-refractivity contribution is 7.99. The Labute approximate surface area is 136 Å². The molecule has 2 aromatic heterocycles. The molecule has 2 aromatic rings. The summed E-state index contributed by atoms with van der Waals surface area (Å²) in [5.41, 5.74) is 6.30. The van der Waals surface area contributed by atoms with Crippen LogP contribution in [0.5, 0.6) is 0 Å². The molecule has 8 heteroatoms. The summed E-state index contributed by atoms with van der Waals surface area (Å²) in [6.07, 6.45) is 4.03. The van der Waals surface area contributed by atoms with E-state index in [1.54, 1.807) is 6.20 Å². The van der Waals surface area contributed by atoms with Gasteiger partial charge in [0.15, 0.2) is 4.96 Å².